The molecule has 5 nitrogen and oxygen atoms in total. The predicted molar refractivity (Wildman–Crippen MR) is 90.2 cm³/mol. The molecule has 2 heterocycles. The Bertz CT molecular complexity index is 694. The van der Waals surface area contributed by atoms with Gasteiger partial charge in [0.15, 0.2) is 11.5 Å². The van der Waals surface area contributed by atoms with Gasteiger partial charge in [-0.05, 0) is 44.0 Å². The van der Waals surface area contributed by atoms with Crippen LogP contribution in [0.15, 0.2) is 40.8 Å². The summed E-state index contributed by atoms with van der Waals surface area (Å²) in [4.78, 5) is 14.5. The number of nitrogens with zero attached hydrogens (tertiary/aromatic N) is 1. The molecule has 1 unspecified atom stereocenters. The summed E-state index contributed by atoms with van der Waals surface area (Å²) in [7, 11) is 1.60. The number of hydrogen-bond acceptors (Lipinski definition) is 4. The average Bonchev–Trinajstić information content (AvgIpc) is 3.23. The van der Waals surface area contributed by atoms with Crippen molar-refractivity contribution in [3.05, 3.63) is 47.9 Å². The summed E-state index contributed by atoms with van der Waals surface area (Å²) in [5, 5.41) is 0. The van der Waals surface area contributed by atoms with Crippen LogP contribution in [0.4, 0.5) is 0 Å². The Morgan fingerprint density at radius 1 is 1.25 bits per heavy atom. The van der Waals surface area contributed by atoms with E-state index < -0.39 is 0 Å². The fourth-order valence-electron chi connectivity index (χ4n) is 3.12. The minimum atomic E-state index is 0.0532. The maximum Gasteiger partial charge on any atom is 0.226 e. The Hall–Kier alpha value is -2.43. The molecule has 0 aliphatic carbocycles. The summed E-state index contributed by atoms with van der Waals surface area (Å²) >= 11 is 0. The highest BCUT2D eigenvalue weighted by molar-refractivity contribution is 5.77. The zero-order valence-electron chi connectivity index (χ0n) is 14.2. The van der Waals surface area contributed by atoms with E-state index in [0.717, 1.165) is 30.9 Å². The van der Waals surface area contributed by atoms with E-state index in [2.05, 4.69) is 0 Å². The van der Waals surface area contributed by atoms with Gasteiger partial charge in [0.25, 0.3) is 0 Å². The number of methoxy groups -OCH3 is 1. The third-order valence-corrected chi connectivity index (χ3v) is 4.31. The van der Waals surface area contributed by atoms with E-state index >= 15 is 0 Å². The van der Waals surface area contributed by atoms with Crippen LogP contribution in [0.25, 0.3) is 0 Å². The van der Waals surface area contributed by atoms with Crippen molar-refractivity contribution >= 4 is 5.91 Å². The predicted octanol–water partition coefficient (Wildman–Crippen LogP) is 3.73. The number of amides is 1. The number of para-hydroxylation sites is 2. The molecule has 1 fully saturated rings. The lowest BCUT2D eigenvalue weighted by Gasteiger charge is -2.23. The van der Waals surface area contributed by atoms with Gasteiger partial charge in [0.2, 0.25) is 5.91 Å². The number of ether oxygens (including phenoxy) is 2. The molecule has 1 aromatic heterocycles. The molecule has 1 saturated heterocycles. The summed E-state index contributed by atoms with van der Waals surface area (Å²) in [5.74, 6) is 3.19. The monoisotopic (exact) mass is 329 g/mol. The molecule has 3 rings (SSSR count). The van der Waals surface area contributed by atoms with Gasteiger partial charge in [-0.15, -0.1) is 0 Å². The SMILES string of the molecule is COc1ccccc1OCCC(=O)N1CCCC1c1ccc(C)o1. The molecule has 1 amide bonds. The summed E-state index contributed by atoms with van der Waals surface area (Å²) in [6, 6.07) is 11.4. The molecule has 128 valence electrons. The second-order valence-corrected chi connectivity index (χ2v) is 5.94. The van der Waals surface area contributed by atoms with Gasteiger partial charge in [-0.2, -0.15) is 0 Å². The number of carbonyl (C=O) groups is 1. The van der Waals surface area contributed by atoms with Crippen LogP contribution in [-0.4, -0.2) is 31.1 Å². The minimum Gasteiger partial charge on any atom is -0.493 e. The van der Waals surface area contributed by atoms with E-state index in [1.807, 2.05) is 48.2 Å². The van der Waals surface area contributed by atoms with Crippen molar-refractivity contribution in [2.75, 3.05) is 20.3 Å². The van der Waals surface area contributed by atoms with Crippen LogP contribution in [0.1, 0.15) is 36.8 Å². The number of hydrogen-bond donors (Lipinski definition) is 0. The molecular formula is C19H23NO4. The molecule has 0 saturated carbocycles. The van der Waals surface area contributed by atoms with Crippen LogP contribution < -0.4 is 9.47 Å². The van der Waals surface area contributed by atoms with Crippen molar-refractivity contribution in [2.45, 2.75) is 32.2 Å². The fraction of sp³-hybridized carbons (Fsp3) is 0.421. The first kappa shape index (κ1) is 16.4. The smallest absolute Gasteiger partial charge is 0.226 e. The van der Waals surface area contributed by atoms with Crippen LogP contribution in [0.3, 0.4) is 0 Å². The van der Waals surface area contributed by atoms with Crippen LogP contribution in [0.2, 0.25) is 0 Å². The van der Waals surface area contributed by atoms with E-state index in [9.17, 15) is 4.79 Å². The molecule has 2 aromatic rings. The Balaban J connectivity index is 1.56. The number of likely N-dealkylation sites (tertiary alicyclic amines) is 1. The maximum atomic E-state index is 12.6. The molecule has 0 bridgehead atoms. The van der Waals surface area contributed by atoms with E-state index in [1.54, 1.807) is 7.11 Å². The molecule has 1 aliphatic rings. The molecule has 1 aromatic carbocycles. The van der Waals surface area contributed by atoms with Crippen molar-refractivity contribution in [3.8, 4) is 11.5 Å². The molecule has 0 spiro atoms. The molecule has 0 N–H and O–H groups in total. The number of benzene rings is 1. The first-order chi connectivity index (χ1) is 11.7. The van der Waals surface area contributed by atoms with Crippen molar-refractivity contribution < 1.29 is 18.7 Å². The first-order valence-corrected chi connectivity index (χ1v) is 8.30. The summed E-state index contributed by atoms with van der Waals surface area (Å²) < 4.78 is 16.7. The zero-order chi connectivity index (χ0) is 16.9. The molecule has 5 heteroatoms. The number of aryl methyl sites for hydroxylation is 1. The Labute approximate surface area is 142 Å². The number of rotatable bonds is 6. The molecule has 1 aliphatic heterocycles. The molecule has 24 heavy (non-hydrogen) atoms. The van der Waals surface area contributed by atoms with Gasteiger partial charge in [0.1, 0.15) is 11.5 Å². The van der Waals surface area contributed by atoms with Gasteiger partial charge >= 0.3 is 0 Å². The molecule has 0 radical (unpaired) electrons. The lowest BCUT2D eigenvalue weighted by Crippen LogP contribution is -2.31. The summed E-state index contributed by atoms with van der Waals surface area (Å²) in [5.41, 5.74) is 0. The Morgan fingerprint density at radius 3 is 2.75 bits per heavy atom. The zero-order valence-corrected chi connectivity index (χ0v) is 14.2. The topological polar surface area (TPSA) is 51.9 Å². The van der Waals surface area contributed by atoms with Crippen LogP contribution in [0, 0.1) is 6.92 Å². The van der Waals surface area contributed by atoms with Crippen LogP contribution in [-0.2, 0) is 4.79 Å². The van der Waals surface area contributed by atoms with Gasteiger partial charge in [-0.25, -0.2) is 0 Å². The Kier molecular flexibility index (Phi) is 5.08. The van der Waals surface area contributed by atoms with E-state index in [4.69, 9.17) is 13.9 Å². The van der Waals surface area contributed by atoms with Gasteiger partial charge in [0, 0.05) is 6.54 Å². The highest BCUT2D eigenvalue weighted by Crippen LogP contribution is 2.33. The van der Waals surface area contributed by atoms with Gasteiger partial charge in [-0.3, -0.25) is 4.79 Å². The lowest BCUT2D eigenvalue weighted by atomic mass is 10.1. The van der Waals surface area contributed by atoms with Gasteiger partial charge < -0.3 is 18.8 Å². The number of carbonyl (C=O) groups excluding carboxylic acids is 1. The van der Waals surface area contributed by atoms with Crippen LogP contribution >= 0.6 is 0 Å². The minimum absolute atomic E-state index is 0.0532. The average molecular weight is 329 g/mol. The lowest BCUT2D eigenvalue weighted by molar-refractivity contribution is -0.133. The van der Waals surface area contributed by atoms with Crippen LogP contribution in [0.5, 0.6) is 11.5 Å². The van der Waals surface area contributed by atoms with Crippen molar-refractivity contribution in [1.29, 1.82) is 0 Å². The van der Waals surface area contributed by atoms with E-state index in [1.165, 1.54) is 0 Å². The standard InChI is InChI=1S/C19H23NO4/c1-14-9-10-16(24-14)15-6-5-12-20(15)19(21)11-13-23-18-8-4-3-7-17(18)22-2/h3-4,7-10,15H,5-6,11-13H2,1-2H3. The van der Waals surface area contributed by atoms with E-state index in [-0.39, 0.29) is 11.9 Å². The largest absolute Gasteiger partial charge is 0.493 e. The first-order valence-electron chi connectivity index (χ1n) is 8.30. The third-order valence-electron chi connectivity index (χ3n) is 4.31. The van der Waals surface area contributed by atoms with Gasteiger partial charge in [-0.1, -0.05) is 12.1 Å². The number of furan rings is 1. The van der Waals surface area contributed by atoms with Crippen molar-refractivity contribution in [2.24, 2.45) is 0 Å². The maximum absolute atomic E-state index is 12.6. The second kappa shape index (κ2) is 7.43. The van der Waals surface area contributed by atoms with E-state index in [0.29, 0.717) is 24.5 Å². The second-order valence-electron chi connectivity index (χ2n) is 5.94. The fourth-order valence-corrected chi connectivity index (χ4v) is 3.12. The van der Waals surface area contributed by atoms with Crippen molar-refractivity contribution in [3.63, 3.8) is 0 Å². The third kappa shape index (κ3) is 3.55. The Morgan fingerprint density at radius 2 is 2.04 bits per heavy atom. The normalized spacial score (nSPS) is 17.1. The quantitative estimate of drug-likeness (QED) is 0.810. The van der Waals surface area contributed by atoms with Crippen molar-refractivity contribution in [1.82, 2.24) is 4.90 Å². The molecule has 1 atom stereocenters. The highest BCUT2D eigenvalue weighted by Gasteiger charge is 2.31. The summed E-state index contributed by atoms with van der Waals surface area (Å²) in [6.07, 6.45) is 2.30. The molecular weight excluding hydrogens is 306 g/mol. The highest BCUT2D eigenvalue weighted by atomic mass is 16.5. The van der Waals surface area contributed by atoms with Gasteiger partial charge in [0.05, 0.1) is 26.2 Å². The summed E-state index contributed by atoms with van der Waals surface area (Å²) in [6.45, 7) is 3.03.